The molecular formula is C63H123NO11S. The van der Waals surface area contributed by atoms with E-state index >= 15 is 0 Å². The first-order valence-corrected chi connectivity index (χ1v) is 33.9. The monoisotopic (exact) mass is 1100 g/mol. The van der Waals surface area contributed by atoms with E-state index in [0.717, 1.165) is 38.5 Å². The van der Waals surface area contributed by atoms with Crippen LogP contribution in [0.15, 0.2) is 12.2 Å². The first-order chi connectivity index (χ1) is 37.0. The fourth-order valence-electron chi connectivity index (χ4n) is 10.8. The Bertz CT molecular complexity index is 1390. The topological polar surface area (TPSA) is 192 Å². The lowest BCUT2D eigenvalue weighted by Gasteiger charge is -2.41. The highest BCUT2D eigenvalue weighted by molar-refractivity contribution is 7.80. The standard InChI is InChI=1S/C63H123NO11S/c1-3-5-7-9-11-13-15-17-19-21-23-25-27-28-29-30-31-33-35-37-39-41-43-45-47-49-51-53-59(67)64-56(55-73-63-61(69)62(75-76(70,71)72)60(68)58(54-65)74-63)57(66)52-50-48-46-44-42-40-38-36-34-32-26-24-22-20-18-16-14-12-10-8-6-4-2/h50,52,56-58,60-63,65-66,68-69H,3-49,51,53-55H2,1-2H3,(H,64,67)(H,70,71,72)/b52-50+. The number of carbonyl (C=O) groups excluding carboxylic acids is 1. The molecule has 1 fully saturated rings. The fraction of sp³-hybridized carbons (Fsp3) is 0.952. The molecule has 452 valence electrons. The quantitative estimate of drug-likeness (QED) is 0.0193. The maximum atomic E-state index is 13.2. The van der Waals surface area contributed by atoms with Crippen LogP contribution in [-0.4, -0.2) is 95.4 Å². The van der Waals surface area contributed by atoms with E-state index in [9.17, 15) is 38.2 Å². The predicted molar refractivity (Wildman–Crippen MR) is 315 cm³/mol. The Labute approximate surface area is 468 Å². The van der Waals surface area contributed by atoms with E-state index in [2.05, 4.69) is 23.3 Å². The SMILES string of the molecule is CCCCCCCCCCCCCCCCCCCCCC/C=C/C(O)C(COC1OC(CO)C(O)C(OS(=O)(=O)O)C1O)NC(=O)CCCCCCCCCCCCCCCCCCCCCCCCCCCCC. The molecule has 0 radical (unpaired) electrons. The van der Waals surface area contributed by atoms with Crippen LogP contribution in [0.4, 0.5) is 0 Å². The van der Waals surface area contributed by atoms with Gasteiger partial charge in [0.25, 0.3) is 0 Å². The summed E-state index contributed by atoms with van der Waals surface area (Å²) in [7, 11) is -5.09. The number of allylic oxidation sites excluding steroid dienone is 1. The number of unbranched alkanes of at least 4 members (excludes halogenated alkanes) is 46. The first-order valence-electron chi connectivity index (χ1n) is 32.6. The van der Waals surface area contributed by atoms with E-state index < -0.39 is 59.9 Å². The zero-order valence-corrected chi connectivity index (χ0v) is 50.2. The normalized spacial score (nSPS) is 19.0. The van der Waals surface area contributed by atoms with Crippen molar-refractivity contribution in [2.75, 3.05) is 13.2 Å². The largest absolute Gasteiger partial charge is 0.397 e. The lowest BCUT2D eigenvalue weighted by Crippen LogP contribution is -2.61. The van der Waals surface area contributed by atoms with Crippen LogP contribution in [0.3, 0.4) is 0 Å². The predicted octanol–water partition coefficient (Wildman–Crippen LogP) is 16.2. The van der Waals surface area contributed by atoms with Crippen molar-refractivity contribution in [3.05, 3.63) is 12.2 Å². The molecule has 0 aromatic rings. The van der Waals surface area contributed by atoms with Crippen molar-refractivity contribution in [3.63, 3.8) is 0 Å². The highest BCUT2D eigenvalue weighted by atomic mass is 32.3. The van der Waals surface area contributed by atoms with Crippen molar-refractivity contribution >= 4 is 16.3 Å². The number of aliphatic hydroxyl groups is 4. The van der Waals surface area contributed by atoms with Gasteiger partial charge in [0.05, 0.1) is 25.4 Å². The smallest absolute Gasteiger partial charge is 0.394 e. The molecule has 0 bridgehead atoms. The highest BCUT2D eigenvalue weighted by Gasteiger charge is 2.48. The molecular weight excluding hydrogens is 979 g/mol. The molecule has 6 N–H and O–H groups in total. The molecule has 76 heavy (non-hydrogen) atoms. The number of hydrogen-bond acceptors (Lipinski definition) is 10. The summed E-state index contributed by atoms with van der Waals surface area (Å²) in [6.07, 6.45) is 57.0. The molecule has 0 aliphatic carbocycles. The Hall–Kier alpha value is -1.16. The van der Waals surface area contributed by atoms with Crippen LogP contribution in [-0.2, 0) is 28.9 Å². The minimum atomic E-state index is -5.09. The molecule has 1 aliphatic rings. The maximum Gasteiger partial charge on any atom is 0.397 e. The van der Waals surface area contributed by atoms with Gasteiger partial charge in [0, 0.05) is 6.42 Å². The maximum absolute atomic E-state index is 13.2. The molecule has 1 heterocycles. The summed E-state index contributed by atoms with van der Waals surface area (Å²) in [4.78, 5) is 13.2. The Kier molecular flexibility index (Phi) is 51.0. The van der Waals surface area contributed by atoms with E-state index in [1.165, 1.54) is 263 Å². The van der Waals surface area contributed by atoms with Crippen LogP contribution in [0.25, 0.3) is 0 Å². The van der Waals surface area contributed by atoms with Crippen LogP contribution < -0.4 is 5.32 Å². The Morgan fingerprint density at radius 2 is 0.829 bits per heavy atom. The third kappa shape index (κ3) is 44.6. The van der Waals surface area contributed by atoms with Crippen molar-refractivity contribution < 1.29 is 51.8 Å². The molecule has 1 saturated heterocycles. The van der Waals surface area contributed by atoms with Crippen LogP contribution >= 0.6 is 0 Å². The molecule has 12 nitrogen and oxygen atoms in total. The summed E-state index contributed by atoms with van der Waals surface area (Å²) in [5.74, 6) is -0.254. The van der Waals surface area contributed by atoms with Crippen LogP contribution in [0.1, 0.15) is 328 Å². The average molecular weight is 1100 g/mol. The number of carbonyl (C=O) groups is 1. The number of aliphatic hydroxyl groups excluding tert-OH is 4. The molecule has 1 rings (SSSR count). The molecule has 7 unspecified atom stereocenters. The third-order valence-corrected chi connectivity index (χ3v) is 16.3. The molecule has 0 aromatic heterocycles. The number of nitrogens with one attached hydrogen (secondary N) is 1. The van der Waals surface area contributed by atoms with Crippen LogP contribution in [0, 0.1) is 0 Å². The second-order valence-corrected chi connectivity index (χ2v) is 24.1. The zero-order chi connectivity index (χ0) is 55.4. The van der Waals surface area contributed by atoms with E-state index in [-0.39, 0.29) is 18.9 Å². The van der Waals surface area contributed by atoms with Gasteiger partial charge in [-0.25, -0.2) is 4.18 Å². The summed E-state index contributed by atoms with van der Waals surface area (Å²) in [6.45, 7) is 3.46. The third-order valence-electron chi connectivity index (χ3n) is 15.8. The second-order valence-electron chi connectivity index (χ2n) is 23.1. The second kappa shape index (κ2) is 53.2. The molecule has 0 saturated carbocycles. The van der Waals surface area contributed by atoms with Crippen LogP contribution in [0.5, 0.6) is 0 Å². The Balaban J connectivity index is 2.29. The first kappa shape index (κ1) is 72.9. The molecule has 0 spiro atoms. The van der Waals surface area contributed by atoms with E-state index in [0.29, 0.717) is 6.42 Å². The van der Waals surface area contributed by atoms with Gasteiger partial charge in [-0.05, 0) is 19.3 Å². The molecule has 1 amide bonds. The number of hydrogen-bond donors (Lipinski definition) is 6. The van der Waals surface area contributed by atoms with Crippen molar-refractivity contribution in [2.24, 2.45) is 0 Å². The van der Waals surface area contributed by atoms with Crippen molar-refractivity contribution in [1.82, 2.24) is 5.32 Å². The zero-order valence-electron chi connectivity index (χ0n) is 49.4. The number of amides is 1. The summed E-state index contributed by atoms with van der Waals surface area (Å²) in [5.41, 5.74) is 0. The van der Waals surface area contributed by atoms with Crippen molar-refractivity contribution in [3.8, 4) is 0 Å². The van der Waals surface area contributed by atoms with Gasteiger partial charge >= 0.3 is 10.4 Å². The van der Waals surface area contributed by atoms with Gasteiger partial charge in [-0.3, -0.25) is 9.35 Å². The number of rotatable bonds is 58. The minimum Gasteiger partial charge on any atom is -0.394 e. The fourth-order valence-corrected chi connectivity index (χ4v) is 11.3. The summed E-state index contributed by atoms with van der Waals surface area (Å²) in [6, 6.07) is -0.941. The lowest BCUT2D eigenvalue weighted by molar-refractivity contribution is -0.298. The van der Waals surface area contributed by atoms with Crippen molar-refractivity contribution in [2.45, 2.75) is 371 Å². The van der Waals surface area contributed by atoms with Crippen LogP contribution in [0.2, 0.25) is 0 Å². The molecule has 13 heteroatoms. The minimum absolute atomic E-state index is 0.254. The van der Waals surface area contributed by atoms with Gasteiger partial charge in [0.15, 0.2) is 6.29 Å². The summed E-state index contributed by atoms with van der Waals surface area (Å²) >= 11 is 0. The van der Waals surface area contributed by atoms with E-state index in [1.54, 1.807) is 6.08 Å². The van der Waals surface area contributed by atoms with Gasteiger partial charge in [0.2, 0.25) is 5.91 Å². The van der Waals surface area contributed by atoms with Crippen molar-refractivity contribution in [1.29, 1.82) is 0 Å². The summed E-state index contributed by atoms with van der Waals surface area (Å²) < 4.78 is 48.0. The van der Waals surface area contributed by atoms with Gasteiger partial charge < -0.3 is 35.2 Å². The highest BCUT2D eigenvalue weighted by Crippen LogP contribution is 2.26. The Morgan fingerprint density at radius 1 is 0.513 bits per heavy atom. The van der Waals surface area contributed by atoms with Gasteiger partial charge in [-0.2, -0.15) is 8.42 Å². The van der Waals surface area contributed by atoms with E-state index in [1.807, 2.05) is 6.08 Å². The molecule has 1 aliphatic heterocycles. The summed E-state index contributed by atoms with van der Waals surface area (Å²) in [5, 5.41) is 45.1. The lowest BCUT2D eigenvalue weighted by atomic mass is 9.99. The number of ether oxygens (including phenoxy) is 2. The molecule has 7 atom stereocenters. The van der Waals surface area contributed by atoms with Gasteiger partial charge in [0.1, 0.15) is 24.4 Å². The average Bonchev–Trinajstić information content (AvgIpc) is 3.40. The Morgan fingerprint density at radius 3 is 1.14 bits per heavy atom. The van der Waals surface area contributed by atoms with Gasteiger partial charge in [-0.15, -0.1) is 0 Å². The molecule has 0 aromatic carbocycles. The van der Waals surface area contributed by atoms with E-state index in [4.69, 9.17) is 9.47 Å². The van der Waals surface area contributed by atoms with Gasteiger partial charge in [-0.1, -0.05) is 315 Å².